The van der Waals surface area contributed by atoms with E-state index in [1.165, 1.54) is 12.1 Å². The molecule has 0 amide bonds. The number of nitrogens with zero attached hydrogens (tertiary/aromatic N) is 1. The summed E-state index contributed by atoms with van der Waals surface area (Å²) < 4.78 is 30.9. The highest BCUT2D eigenvalue weighted by molar-refractivity contribution is 7.39. The van der Waals surface area contributed by atoms with E-state index in [9.17, 15) is 18.9 Å². The lowest BCUT2D eigenvalue weighted by Crippen LogP contribution is -2.15. The maximum absolute atomic E-state index is 13.5. The van der Waals surface area contributed by atoms with Gasteiger partial charge in [0.25, 0.3) is 0 Å². The first-order valence-electron chi connectivity index (χ1n) is 10.7. The molecule has 0 saturated heterocycles. The monoisotopic (exact) mass is 471 g/mol. The van der Waals surface area contributed by atoms with Crippen molar-refractivity contribution in [3.05, 3.63) is 71.6 Å². The molecule has 2 N–H and O–H groups in total. The fourth-order valence-corrected chi connectivity index (χ4v) is 4.63. The van der Waals surface area contributed by atoms with E-state index in [1.807, 2.05) is 30.3 Å². The van der Waals surface area contributed by atoms with Crippen LogP contribution in [0.2, 0.25) is 0 Å². The SMILES string of the molecule is CC(C)c1c(C=CCO[PH](=O)CC(O)CC(=O)O)c(-c2ccc(F)cc2)nc2ccccc12. The van der Waals surface area contributed by atoms with E-state index in [0.717, 1.165) is 27.6 Å². The minimum Gasteiger partial charge on any atom is -0.481 e. The van der Waals surface area contributed by atoms with Crippen LogP contribution in [0, 0.1) is 5.82 Å². The van der Waals surface area contributed by atoms with Crippen LogP contribution in [-0.4, -0.2) is 40.0 Å². The Morgan fingerprint density at radius 3 is 2.55 bits per heavy atom. The number of aromatic nitrogens is 1. The van der Waals surface area contributed by atoms with Gasteiger partial charge in [-0.2, -0.15) is 0 Å². The summed E-state index contributed by atoms with van der Waals surface area (Å²) in [6.45, 7) is 4.21. The highest BCUT2D eigenvalue weighted by atomic mass is 31.1. The van der Waals surface area contributed by atoms with Crippen LogP contribution in [0.1, 0.15) is 37.3 Å². The van der Waals surface area contributed by atoms with Crippen molar-refractivity contribution in [1.29, 1.82) is 0 Å². The van der Waals surface area contributed by atoms with Gasteiger partial charge < -0.3 is 14.7 Å². The van der Waals surface area contributed by atoms with Crippen molar-refractivity contribution >= 4 is 31.0 Å². The van der Waals surface area contributed by atoms with Gasteiger partial charge in [0.2, 0.25) is 0 Å². The van der Waals surface area contributed by atoms with Gasteiger partial charge in [-0.1, -0.05) is 44.2 Å². The Balaban J connectivity index is 1.92. The van der Waals surface area contributed by atoms with Crippen LogP contribution in [0.3, 0.4) is 0 Å². The third kappa shape index (κ3) is 6.57. The summed E-state index contributed by atoms with van der Waals surface area (Å²) in [5.41, 5.74) is 4.27. The smallest absolute Gasteiger partial charge is 0.305 e. The molecule has 2 aromatic carbocycles. The van der Waals surface area contributed by atoms with Crippen molar-refractivity contribution < 1.29 is 28.5 Å². The molecule has 0 bridgehead atoms. The number of fused-ring (bicyclic) bond motifs is 1. The lowest BCUT2D eigenvalue weighted by molar-refractivity contribution is -0.138. The van der Waals surface area contributed by atoms with E-state index in [4.69, 9.17) is 14.6 Å². The largest absolute Gasteiger partial charge is 0.481 e. The van der Waals surface area contributed by atoms with Crippen molar-refractivity contribution in [2.45, 2.75) is 32.3 Å². The molecule has 33 heavy (non-hydrogen) atoms. The Hall–Kier alpha value is -2.86. The molecule has 0 spiro atoms. The Bertz CT molecular complexity index is 1180. The normalized spacial score (nSPS) is 13.6. The lowest BCUT2D eigenvalue weighted by atomic mass is 9.90. The van der Waals surface area contributed by atoms with Crippen LogP contribution in [0.25, 0.3) is 28.2 Å². The van der Waals surface area contributed by atoms with Gasteiger partial charge in [0.15, 0.2) is 8.03 Å². The summed E-state index contributed by atoms with van der Waals surface area (Å²) >= 11 is 0. The van der Waals surface area contributed by atoms with Crippen LogP contribution in [0.5, 0.6) is 0 Å². The average Bonchev–Trinajstić information content (AvgIpc) is 2.75. The Kier molecular flexibility index (Phi) is 8.50. The maximum atomic E-state index is 13.5. The standard InChI is InChI=1S/C25H27FNO5P/c1-16(2)24-20-6-3-4-8-22(20)27-25(17-9-11-18(26)12-10-17)21(24)7-5-13-32-33(31)15-19(28)14-23(29)30/h3-12,16,19,28,33H,13-15H2,1-2H3,(H,29,30). The van der Waals surface area contributed by atoms with Gasteiger partial charge in [-0.05, 0) is 41.8 Å². The second kappa shape index (κ2) is 11.3. The van der Waals surface area contributed by atoms with Crippen molar-refractivity contribution in [1.82, 2.24) is 4.98 Å². The molecule has 0 aliphatic rings. The number of benzene rings is 2. The number of carboxylic acids is 1. The number of aliphatic hydroxyl groups excluding tert-OH is 1. The number of carboxylic acid groups (broad SMARTS) is 1. The molecule has 3 rings (SSSR count). The van der Waals surface area contributed by atoms with Gasteiger partial charge >= 0.3 is 5.97 Å². The first kappa shape index (κ1) is 24.8. The van der Waals surface area contributed by atoms with E-state index in [0.29, 0.717) is 5.69 Å². The second-order valence-electron chi connectivity index (χ2n) is 8.01. The highest BCUT2D eigenvalue weighted by Gasteiger charge is 2.17. The molecule has 0 aliphatic carbocycles. The molecule has 8 heteroatoms. The number of pyridine rings is 1. The summed E-state index contributed by atoms with van der Waals surface area (Å²) in [5.74, 6) is -1.32. The molecule has 0 fully saturated rings. The Morgan fingerprint density at radius 1 is 1.18 bits per heavy atom. The van der Waals surface area contributed by atoms with E-state index in [2.05, 4.69) is 13.8 Å². The van der Waals surface area contributed by atoms with Crippen LogP contribution in [0.4, 0.5) is 4.39 Å². The summed E-state index contributed by atoms with van der Waals surface area (Å²) in [6.07, 6.45) is 1.69. The van der Waals surface area contributed by atoms with Gasteiger partial charge in [0, 0.05) is 22.7 Å². The fraction of sp³-hybridized carbons (Fsp3) is 0.280. The summed E-state index contributed by atoms with van der Waals surface area (Å²) in [5, 5.41) is 19.3. The van der Waals surface area contributed by atoms with Crippen LogP contribution in [0.15, 0.2) is 54.6 Å². The zero-order valence-electron chi connectivity index (χ0n) is 18.5. The molecule has 174 valence electrons. The third-order valence-electron chi connectivity index (χ3n) is 5.10. The van der Waals surface area contributed by atoms with Crippen molar-refractivity contribution in [3.63, 3.8) is 0 Å². The third-order valence-corrected chi connectivity index (χ3v) is 6.40. The number of aliphatic hydroxyl groups is 1. The quantitative estimate of drug-likeness (QED) is 0.379. The maximum Gasteiger partial charge on any atom is 0.305 e. The highest BCUT2D eigenvalue weighted by Crippen LogP contribution is 2.35. The lowest BCUT2D eigenvalue weighted by Gasteiger charge is -2.18. The van der Waals surface area contributed by atoms with E-state index in [-0.39, 0.29) is 24.5 Å². The second-order valence-corrected chi connectivity index (χ2v) is 9.45. The van der Waals surface area contributed by atoms with Crippen molar-refractivity contribution in [2.24, 2.45) is 0 Å². The molecule has 1 heterocycles. The molecule has 3 aromatic rings. The number of hydrogen-bond donors (Lipinski definition) is 2. The van der Waals surface area contributed by atoms with Gasteiger partial charge in [0.05, 0.1) is 30.3 Å². The predicted octanol–water partition coefficient (Wildman–Crippen LogP) is 5.50. The van der Waals surface area contributed by atoms with Gasteiger partial charge in [-0.3, -0.25) is 9.36 Å². The summed E-state index contributed by atoms with van der Waals surface area (Å²) in [4.78, 5) is 15.5. The number of hydrogen-bond acceptors (Lipinski definition) is 5. The molecule has 2 unspecified atom stereocenters. The summed E-state index contributed by atoms with van der Waals surface area (Å²) in [7, 11) is -2.59. The Morgan fingerprint density at radius 2 is 1.88 bits per heavy atom. The average molecular weight is 471 g/mol. The predicted molar refractivity (Wildman–Crippen MR) is 128 cm³/mol. The molecule has 6 nitrogen and oxygen atoms in total. The Labute approximate surface area is 192 Å². The van der Waals surface area contributed by atoms with Crippen molar-refractivity contribution in [2.75, 3.05) is 12.8 Å². The molecule has 0 radical (unpaired) electrons. The molecule has 0 aliphatic heterocycles. The first-order chi connectivity index (χ1) is 15.8. The number of aliphatic carboxylic acids is 1. The number of para-hydroxylation sites is 1. The zero-order valence-corrected chi connectivity index (χ0v) is 19.5. The first-order valence-corrected chi connectivity index (χ1v) is 12.2. The van der Waals surface area contributed by atoms with Gasteiger partial charge in [0.1, 0.15) is 5.82 Å². The molecular formula is C25H27FNO5P. The van der Waals surface area contributed by atoms with Crippen LogP contribution >= 0.6 is 8.03 Å². The zero-order chi connectivity index (χ0) is 24.0. The molecule has 2 atom stereocenters. The molecule has 0 saturated carbocycles. The van der Waals surface area contributed by atoms with E-state index in [1.54, 1.807) is 18.2 Å². The number of carbonyl (C=O) groups is 1. The fourth-order valence-electron chi connectivity index (χ4n) is 3.70. The van der Waals surface area contributed by atoms with E-state index < -0.39 is 26.5 Å². The number of halogens is 1. The minimum absolute atomic E-state index is 0.0325. The molecule has 1 aromatic heterocycles. The summed E-state index contributed by atoms with van der Waals surface area (Å²) in [6, 6.07) is 14.0. The van der Waals surface area contributed by atoms with Crippen LogP contribution in [-0.2, 0) is 13.9 Å². The molecular weight excluding hydrogens is 444 g/mol. The minimum atomic E-state index is -2.59. The van der Waals surface area contributed by atoms with Crippen LogP contribution < -0.4 is 0 Å². The van der Waals surface area contributed by atoms with Crippen molar-refractivity contribution in [3.8, 4) is 11.3 Å². The number of rotatable bonds is 10. The van der Waals surface area contributed by atoms with Gasteiger partial charge in [-0.15, -0.1) is 0 Å². The van der Waals surface area contributed by atoms with Gasteiger partial charge in [-0.25, -0.2) is 9.37 Å². The van der Waals surface area contributed by atoms with E-state index >= 15 is 0 Å². The topological polar surface area (TPSA) is 96.7 Å².